The molecule has 3 aromatic rings. The molecule has 186 valence electrons. The first kappa shape index (κ1) is 24.2. The highest BCUT2D eigenvalue weighted by Crippen LogP contribution is 2.39. The molecule has 3 aromatic heterocycles. The minimum Gasteiger partial charge on any atom is -0.477 e. The third-order valence-electron chi connectivity index (χ3n) is 5.95. The number of carbonyl (C=O) groups is 3. The highest BCUT2D eigenvalue weighted by Gasteiger charge is 2.54. The van der Waals surface area contributed by atoms with Crippen LogP contribution in [-0.2, 0) is 25.8 Å². The van der Waals surface area contributed by atoms with Crippen molar-refractivity contribution in [2.45, 2.75) is 25.6 Å². The van der Waals surface area contributed by atoms with E-state index in [1.165, 1.54) is 23.8 Å². The van der Waals surface area contributed by atoms with Crippen LogP contribution in [-0.4, -0.2) is 63.4 Å². The van der Waals surface area contributed by atoms with E-state index in [2.05, 4.69) is 15.5 Å². The van der Waals surface area contributed by atoms with Gasteiger partial charge in [0.15, 0.2) is 23.6 Å². The first-order chi connectivity index (χ1) is 17.3. The van der Waals surface area contributed by atoms with Gasteiger partial charge in [-0.1, -0.05) is 16.5 Å². The Bertz CT molecular complexity index is 1460. The van der Waals surface area contributed by atoms with Crippen molar-refractivity contribution in [1.29, 1.82) is 0 Å². The van der Waals surface area contributed by atoms with E-state index in [0.717, 1.165) is 27.1 Å². The zero-order valence-corrected chi connectivity index (χ0v) is 21.6. The second-order valence-electron chi connectivity index (χ2n) is 8.07. The molecule has 14 heteroatoms. The average molecular weight is 546 g/mol. The van der Waals surface area contributed by atoms with Crippen molar-refractivity contribution in [1.82, 2.24) is 15.2 Å². The molecule has 2 amide bonds. The van der Waals surface area contributed by atoms with Gasteiger partial charge in [-0.2, -0.15) is 4.57 Å². The summed E-state index contributed by atoms with van der Waals surface area (Å²) in [6.07, 6.45) is 1.93. The Balaban J connectivity index is 1.38. The molecule has 4 N–H and O–H groups in total. The number of aliphatic carboxylic acids is 1. The number of thiophene rings is 1. The molecule has 0 aliphatic carbocycles. The normalized spacial score (nSPS) is 19.8. The quantitative estimate of drug-likeness (QED) is 0.174. The van der Waals surface area contributed by atoms with E-state index in [1.807, 2.05) is 35.2 Å². The number of carbonyl (C=O) groups excluding carboxylic acids is 2. The van der Waals surface area contributed by atoms with Gasteiger partial charge in [0.25, 0.3) is 16.6 Å². The minimum absolute atomic E-state index is 0.0532. The molecule has 0 spiro atoms. The Morgan fingerprint density at radius 1 is 1.39 bits per heavy atom. The number of nitrogens with one attached hydrogen (secondary N) is 1. The van der Waals surface area contributed by atoms with Gasteiger partial charge in [0.2, 0.25) is 0 Å². The van der Waals surface area contributed by atoms with Gasteiger partial charge in [0.1, 0.15) is 24.5 Å². The maximum Gasteiger partial charge on any atom is 0.353 e. The van der Waals surface area contributed by atoms with Crippen LogP contribution in [0.5, 0.6) is 0 Å². The predicted octanol–water partition coefficient (Wildman–Crippen LogP) is 1.33. The van der Waals surface area contributed by atoms with Crippen molar-refractivity contribution in [3.05, 3.63) is 50.9 Å². The van der Waals surface area contributed by atoms with Crippen molar-refractivity contribution in [3.63, 3.8) is 0 Å². The molecule has 1 fully saturated rings. The molecule has 0 saturated carbocycles. The fraction of sp³-hybridized carbons (Fsp3) is 0.273. The number of hydrogen-bond donors (Lipinski definition) is 3. The number of hydrogen-bond acceptors (Lipinski definition) is 10. The predicted molar refractivity (Wildman–Crippen MR) is 137 cm³/mol. The van der Waals surface area contributed by atoms with Crippen LogP contribution >= 0.6 is 34.4 Å². The monoisotopic (exact) mass is 545 g/mol. The average Bonchev–Trinajstić information content (AvgIpc) is 3.52. The summed E-state index contributed by atoms with van der Waals surface area (Å²) in [6.45, 7) is 2.35. The van der Waals surface area contributed by atoms with Gasteiger partial charge in [-0.15, -0.1) is 23.1 Å². The summed E-state index contributed by atoms with van der Waals surface area (Å²) in [5, 5.41) is 21.3. The second kappa shape index (κ2) is 9.52. The van der Waals surface area contributed by atoms with E-state index in [9.17, 15) is 19.5 Å². The SMILES string of the molecule is CON=C(C(=O)NC1C(=O)N2C(C(=O)O)=C(C[n+]3ccc(C)c4ccsc43)SCC12)c1csc(N)n1. The molecule has 36 heavy (non-hydrogen) atoms. The summed E-state index contributed by atoms with van der Waals surface area (Å²) in [4.78, 5) is 49.9. The smallest absolute Gasteiger partial charge is 0.353 e. The lowest BCUT2D eigenvalue weighted by molar-refractivity contribution is -0.659. The number of β-lactam (4-membered cyclic amide) rings is 1. The molecule has 0 aromatic carbocycles. The number of anilines is 1. The van der Waals surface area contributed by atoms with Gasteiger partial charge < -0.3 is 21.0 Å². The number of nitrogens with two attached hydrogens (primary N) is 1. The largest absolute Gasteiger partial charge is 0.477 e. The van der Waals surface area contributed by atoms with Crippen molar-refractivity contribution in [2.24, 2.45) is 5.16 Å². The van der Waals surface area contributed by atoms with Crippen LogP contribution in [0, 0.1) is 6.92 Å². The maximum absolute atomic E-state index is 13.1. The lowest BCUT2D eigenvalue weighted by Gasteiger charge is -2.49. The van der Waals surface area contributed by atoms with E-state index < -0.39 is 29.9 Å². The number of aromatic nitrogens is 2. The van der Waals surface area contributed by atoms with Crippen molar-refractivity contribution < 1.29 is 28.9 Å². The molecule has 0 radical (unpaired) electrons. The summed E-state index contributed by atoms with van der Waals surface area (Å²) in [5.74, 6) is -1.90. The fourth-order valence-corrected chi connectivity index (χ4v) is 7.01. The number of oxime groups is 1. The molecule has 5 heterocycles. The number of thioether (sulfide) groups is 1. The van der Waals surface area contributed by atoms with Crippen LogP contribution in [0.3, 0.4) is 0 Å². The summed E-state index contributed by atoms with van der Waals surface area (Å²) < 4.78 is 2.00. The molecule has 2 aliphatic rings. The molecule has 5 rings (SSSR count). The van der Waals surface area contributed by atoms with Crippen LogP contribution in [0.25, 0.3) is 10.2 Å². The topological polar surface area (TPSA) is 151 Å². The summed E-state index contributed by atoms with van der Waals surface area (Å²) >= 11 is 4.10. The Kier molecular flexibility index (Phi) is 6.40. The number of rotatable bonds is 7. The molecular formula is C22H21N6O5S3+. The number of aryl methyl sites for hydroxylation is 1. The molecule has 11 nitrogen and oxygen atoms in total. The maximum atomic E-state index is 13.1. The molecule has 1 saturated heterocycles. The molecule has 2 unspecified atom stereocenters. The molecule has 2 atom stereocenters. The number of allylic oxidation sites excluding steroid dienone is 1. The van der Waals surface area contributed by atoms with Crippen LogP contribution in [0.15, 0.2) is 44.8 Å². The molecule has 2 aliphatic heterocycles. The Labute approximate surface area is 217 Å². The Hall–Kier alpha value is -3.49. The second-order valence-corrected chi connectivity index (χ2v) is 11.0. The number of thiazole rings is 1. The molecule has 0 bridgehead atoms. The first-order valence-electron chi connectivity index (χ1n) is 10.7. The Morgan fingerprint density at radius 3 is 2.89 bits per heavy atom. The highest BCUT2D eigenvalue weighted by atomic mass is 32.2. The summed E-state index contributed by atoms with van der Waals surface area (Å²) in [7, 11) is 1.29. The van der Waals surface area contributed by atoms with Crippen LogP contribution in [0.1, 0.15) is 11.3 Å². The van der Waals surface area contributed by atoms with E-state index in [4.69, 9.17) is 10.6 Å². The van der Waals surface area contributed by atoms with Gasteiger partial charge in [0, 0.05) is 17.2 Å². The lowest BCUT2D eigenvalue weighted by Crippen LogP contribution is -2.73. The summed E-state index contributed by atoms with van der Waals surface area (Å²) in [6, 6.07) is 2.63. The van der Waals surface area contributed by atoms with Gasteiger partial charge in [-0.05, 0) is 23.9 Å². The zero-order chi connectivity index (χ0) is 25.6. The van der Waals surface area contributed by atoms with Crippen molar-refractivity contribution >= 4 is 73.3 Å². The van der Waals surface area contributed by atoms with E-state index >= 15 is 0 Å². The van der Waals surface area contributed by atoms with Crippen LogP contribution < -0.4 is 15.6 Å². The standard InChI is InChI=1S/C22H20N6O5S3/c1-10-3-5-27(20-11(10)4-6-34-20)7-14-17(21(31)32)28-13(9-35-14)16(19(28)30)25-18(29)15(26-33-2)12-8-36-22(23)24-12/h3-6,8,13,16H,7,9H2,1-2H3,(H3-,23,24,25,29,31,32)/p+1. The van der Waals surface area contributed by atoms with E-state index in [0.29, 0.717) is 17.2 Å². The Morgan fingerprint density at radius 2 is 2.19 bits per heavy atom. The van der Waals surface area contributed by atoms with E-state index in [1.54, 1.807) is 16.7 Å². The number of fused-ring (bicyclic) bond motifs is 2. The third-order valence-corrected chi connectivity index (χ3v) is 8.76. The molecular weight excluding hydrogens is 524 g/mol. The van der Waals surface area contributed by atoms with Gasteiger partial charge in [-0.25, -0.2) is 9.78 Å². The van der Waals surface area contributed by atoms with Crippen molar-refractivity contribution in [3.8, 4) is 0 Å². The number of carboxylic acids is 1. The third kappa shape index (κ3) is 4.10. The first-order valence-corrected chi connectivity index (χ1v) is 13.5. The highest BCUT2D eigenvalue weighted by molar-refractivity contribution is 8.03. The number of carboxylic acid groups (broad SMARTS) is 1. The fourth-order valence-electron chi connectivity index (χ4n) is 4.25. The minimum atomic E-state index is -1.19. The van der Waals surface area contributed by atoms with Crippen LogP contribution in [0.2, 0.25) is 0 Å². The van der Waals surface area contributed by atoms with Crippen molar-refractivity contribution in [2.75, 3.05) is 18.6 Å². The van der Waals surface area contributed by atoms with Gasteiger partial charge in [-0.3, -0.25) is 14.5 Å². The summed E-state index contributed by atoms with van der Waals surface area (Å²) in [5.41, 5.74) is 6.85. The van der Waals surface area contributed by atoms with Crippen LogP contribution in [0.4, 0.5) is 5.13 Å². The van der Waals surface area contributed by atoms with Gasteiger partial charge in [0.05, 0.1) is 16.3 Å². The van der Waals surface area contributed by atoms with E-state index in [-0.39, 0.29) is 22.2 Å². The number of nitrogens with zero attached hydrogens (tertiary/aromatic N) is 4. The number of amides is 2. The lowest BCUT2D eigenvalue weighted by atomic mass is 9.94. The van der Waals surface area contributed by atoms with Gasteiger partial charge >= 0.3 is 5.97 Å². The number of pyridine rings is 1. The zero-order valence-electron chi connectivity index (χ0n) is 19.1. The number of nitrogen functional groups attached to an aromatic ring is 1.